The summed E-state index contributed by atoms with van der Waals surface area (Å²) < 4.78 is 18.9. The number of hydrogen-bond acceptors (Lipinski definition) is 5. The van der Waals surface area contributed by atoms with Crippen LogP contribution in [-0.2, 0) is 0 Å². The Bertz CT molecular complexity index is 945. The highest BCUT2D eigenvalue weighted by Gasteiger charge is 2.45. The minimum absolute atomic E-state index is 0.0689. The number of nitriles is 1. The summed E-state index contributed by atoms with van der Waals surface area (Å²) in [4.78, 5) is 11.6. The first-order chi connectivity index (χ1) is 12.1. The van der Waals surface area contributed by atoms with Gasteiger partial charge in [-0.05, 0) is 12.5 Å². The van der Waals surface area contributed by atoms with Crippen molar-refractivity contribution in [2.24, 2.45) is 0 Å². The van der Waals surface area contributed by atoms with Crippen LogP contribution in [0.1, 0.15) is 18.9 Å². The van der Waals surface area contributed by atoms with Crippen molar-refractivity contribution in [3.8, 4) is 17.3 Å². The van der Waals surface area contributed by atoms with Crippen molar-refractivity contribution >= 4 is 20.4 Å². The van der Waals surface area contributed by atoms with Gasteiger partial charge in [-0.15, -0.1) is 0 Å². The van der Waals surface area contributed by atoms with E-state index in [0.717, 1.165) is 22.3 Å². The molecule has 4 rings (SSSR count). The summed E-state index contributed by atoms with van der Waals surface area (Å²) in [6.45, 7) is 0.919. The molecule has 1 fully saturated rings. The molecule has 25 heavy (non-hydrogen) atoms. The quantitative estimate of drug-likeness (QED) is 0.725. The fourth-order valence-electron chi connectivity index (χ4n) is 3.43. The van der Waals surface area contributed by atoms with Crippen LogP contribution in [0.15, 0.2) is 31.0 Å². The van der Waals surface area contributed by atoms with E-state index in [4.69, 9.17) is 0 Å². The van der Waals surface area contributed by atoms with Gasteiger partial charge in [-0.25, -0.2) is 14.4 Å². The SMILES string of the molecule is N#CCC(n1cc(-c2ncnc3[nH]ccc23)cn1)C1(F)CCN(P)C1. The lowest BCUT2D eigenvalue weighted by molar-refractivity contribution is 0.0975. The van der Waals surface area contributed by atoms with Crippen LogP contribution in [0.5, 0.6) is 0 Å². The van der Waals surface area contributed by atoms with Crippen LogP contribution in [0.3, 0.4) is 0 Å². The highest BCUT2D eigenvalue weighted by molar-refractivity contribution is 7.13. The second kappa shape index (κ2) is 6.17. The monoisotopic (exact) mass is 357 g/mol. The van der Waals surface area contributed by atoms with Crippen LogP contribution in [0.4, 0.5) is 4.39 Å². The molecule has 1 N–H and O–H groups in total. The van der Waals surface area contributed by atoms with E-state index in [1.165, 1.54) is 6.33 Å². The summed E-state index contributed by atoms with van der Waals surface area (Å²) >= 11 is 0. The van der Waals surface area contributed by atoms with Crippen molar-refractivity contribution in [3.63, 3.8) is 0 Å². The molecule has 3 unspecified atom stereocenters. The van der Waals surface area contributed by atoms with Crippen LogP contribution < -0.4 is 0 Å². The molecule has 7 nitrogen and oxygen atoms in total. The fraction of sp³-hybridized carbons (Fsp3) is 0.375. The van der Waals surface area contributed by atoms with Gasteiger partial charge >= 0.3 is 0 Å². The van der Waals surface area contributed by atoms with E-state index in [1.54, 1.807) is 23.3 Å². The van der Waals surface area contributed by atoms with Crippen molar-refractivity contribution in [3.05, 3.63) is 31.0 Å². The van der Waals surface area contributed by atoms with Crippen molar-refractivity contribution in [1.29, 1.82) is 5.26 Å². The first-order valence-corrected chi connectivity index (χ1v) is 8.50. The van der Waals surface area contributed by atoms with Gasteiger partial charge in [-0.2, -0.15) is 10.4 Å². The lowest BCUT2D eigenvalue weighted by Crippen LogP contribution is -2.37. The minimum Gasteiger partial charge on any atom is -0.346 e. The van der Waals surface area contributed by atoms with Crippen molar-refractivity contribution < 1.29 is 4.39 Å². The Morgan fingerprint density at radius 3 is 3.12 bits per heavy atom. The number of H-pyrrole nitrogens is 1. The first kappa shape index (κ1) is 16.1. The van der Waals surface area contributed by atoms with Crippen LogP contribution in [0.25, 0.3) is 22.3 Å². The molecule has 3 atom stereocenters. The van der Waals surface area contributed by atoms with Crippen molar-refractivity contribution in [1.82, 2.24) is 29.4 Å². The molecule has 9 heteroatoms. The first-order valence-electron chi connectivity index (χ1n) is 7.99. The van der Waals surface area contributed by atoms with Crippen LogP contribution in [0.2, 0.25) is 0 Å². The van der Waals surface area contributed by atoms with Gasteiger partial charge in [0.25, 0.3) is 0 Å². The van der Waals surface area contributed by atoms with Gasteiger partial charge in [-0.3, -0.25) is 9.35 Å². The average Bonchev–Trinajstić information content (AvgIpc) is 3.32. The van der Waals surface area contributed by atoms with Gasteiger partial charge in [0, 0.05) is 36.4 Å². The highest BCUT2D eigenvalue weighted by atomic mass is 31.0. The van der Waals surface area contributed by atoms with E-state index in [1.807, 2.05) is 10.7 Å². The third-order valence-electron chi connectivity index (χ3n) is 4.71. The van der Waals surface area contributed by atoms with Gasteiger partial charge in [0.1, 0.15) is 23.7 Å². The largest absolute Gasteiger partial charge is 0.346 e. The number of fused-ring (bicyclic) bond motifs is 1. The van der Waals surface area contributed by atoms with Gasteiger partial charge < -0.3 is 4.98 Å². The molecule has 3 aromatic heterocycles. The molecule has 128 valence electrons. The summed E-state index contributed by atoms with van der Waals surface area (Å²) in [5.74, 6) is 0. The fourth-order valence-corrected chi connectivity index (χ4v) is 3.86. The Labute approximate surface area is 146 Å². The van der Waals surface area contributed by atoms with E-state index in [0.29, 0.717) is 13.0 Å². The predicted octanol–water partition coefficient (Wildman–Crippen LogP) is 2.48. The topological polar surface area (TPSA) is 86.4 Å². The Balaban J connectivity index is 1.72. The zero-order chi connectivity index (χ0) is 17.4. The molecule has 1 saturated heterocycles. The van der Waals surface area contributed by atoms with E-state index < -0.39 is 11.7 Å². The van der Waals surface area contributed by atoms with Crippen LogP contribution in [-0.4, -0.2) is 48.2 Å². The maximum Gasteiger partial charge on any atom is 0.148 e. The number of rotatable bonds is 4. The zero-order valence-corrected chi connectivity index (χ0v) is 14.6. The molecular weight excluding hydrogens is 340 g/mol. The molecule has 0 aromatic carbocycles. The Morgan fingerprint density at radius 2 is 2.36 bits per heavy atom. The Morgan fingerprint density at radius 1 is 1.48 bits per heavy atom. The van der Waals surface area contributed by atoms with E-state index in [2.05, 4.69) is 35.5 Å². The lowest BCUT2D eigenvalue weighted by Gasteiger charge is -2.28. The molecule has 0 saturated carbocycles. The third-order valence-corrected chi connectivity index (χ3v) is 5.15. The van der Waals surface area contributed by atoms with Gasteiger partial charge in [0.05, 0.1) is 24.4 Å². The molecule has 0 aliphatic carbocycles. The summed E-state index contributed by atoms with van der Waals surface area (Å²) in [6, 6.07) is 3.37. The second-order valence-corrected chi connectivity index (χ2v) is 7.03. The predicted molar refractivity (Wildman–Crippen MR) is 94.1 cm³/mol. The standard InChI is InChI=1S/C16H17FN7P/c17-16(3-6-23(25)9-16)13(1-4-18)24-8-11(7-22-24)14-12-2-5-19-15(12)21-10-20-14/h2,5,7-8,10,13H,1,3,6,9,25H2,(H,19,20,21). The minimum atomic E-state index is -1.48. The normalized spacial score (nSPS) is 22.3. The highest BCUT2D eigenvalue weighted by Crippen LogP contribution is 2.39. The van der Waals surface area contributed by atoms with E-state index in [-0.39, 0.29) is 13.0 Å². The molecule has 4 heterocycles. The van der Waals surface area contributed by atoms with E-state index in [9.17, 15) is 5.26 Å². The second-order valence-electron chi connectivity index (χ2n) is 6.30. The molecule has 1 aliphatic heterocycles. The number of nitrogens with zero attached hydrogens (tertiary/aromatic N) is 6. The molecule has 3 aromatic rings. The molecule has 1 aliphatic rings. The third kappa shape index (κ3) is 2.80. The Hall–Kier alpha value is -2.36. The number of nitrogens with one attached hydrogen (secondary N) is 1. The molecule has 0 bridgehead atoms. The molecule has 0 amide bonds. The Kier molecular flexibility index (Phi) is 3.98. The van der Waals surface area contributed by atoms with Crippen LogP contribution in [0, 0.1) is 11.3 Å². The number of aromatic nitrogens is 5. The molecule has 0 radical (unpaired) electrons. The number of alkyl halides is 1. The van der Waals surface area contributed by atoms with Crippen molar-refractivity contribution in [2.75, 3.05) is 13.1 Å². The molecule has 0 spiro atoms. The van der Waals surface area contributed by atoms with Gasteiger partial charge in [0.15, 0.2) is 0 Å². The summed E-state index contributed by atoms with van der Waals surface area (Å²) in [7, 11) is 2.53. The maximum atomic E-state index is 15.4. The number of aromatic amines is 1. The van der Waals surface area contributed by atoms with Gasteiger partial charge in [-0.1, -0.05) is 9.39 Å². The van der Waals surface area contributed by atoms with Crippen LogP contribution >= 0.6 is 9.39 Å². The average molecular weight is 357 g/mol. The zero-order valence-electron chi connectivity index (χ0n) is 13.4. The summed E-state index contributed by atoms with van der Waals surface area (Å²) in [5.41, 5.74) is 0.776. The van der Waals surface area contributed by atoms with E-state index >= 15 is 4.39 Å². The number of halogens is 1. The summed E-state index contributed by atoms with van der Waals surface area (Å²) in [6.07, 6.45) is 7.17. The number of hydrogen-bond donors (Lipinski definition) is 1. The maximum absolute atomic E-state index is 15.4. The van der Waals surface area contributed by atoms with Crippen molar-refractivity contribution in [2.45, 2.75) is 24.6 Å². The lowest BCUT2D eigenvalue weighted by atomic mass is 9.93. The summed E-state index contributed by atoms with van der Waals surface area (Å²) in [5, 5.41) is 14.4. The molecular formula is C16H17FN7P. The smallest absolute Gasteiger partial charge is 0.148 e. The van der Waals surface area contributed by atoms with Gasteiger partial charge in [0.2, 0.25) is 0 Å².